The lowest BCUT2D eigenvalue weighted by Crippen LogP contribution is -2.21. The van der Waals surface area contributed by atoms with Gasteiger partial charge < -0.3 is 15.0 Å². The molecule has 1 aliphatic carbocycles. The van der Waals surface area contributed by atoms with Crippen LogP contribution in [0.2, 0.25) is 0 Å². The number of fused-ring (bicyclic) bond motifs is 1. The Morgan fingerprint density at radius 1 is 1.21 bits per heavy atom. The van der Waals surface area contributed by atoms with Gasteiger partial charge in [0.2, 0.25) is 0 Å². The number of pyridine rings is 1. The first-order chi connectivity index (χ1) is 18.5. The Labute approximate surface area is 217 Å². The number of H-pyrrole nitrogens is 1. The first kappa shape index (κ1) is 24.1. The van der Waals surface area contributed by atoms with E-state index >= 15 is 0 Å². The van der Waals surface area contributed by atoms with Crippen molar-refractivity contribution in [1.29, 1.82) is 0 Å². The summed E-state index contributed by atoms with van der Waals surface area (Å²) in [6.45, 7) is 3.72. The molecule has 194 valence electrons. The fourth-order valence-electron chi connectivity index (χ4n) is 4.56. The zero-order valence-electron chi connectivity index (χ0n) is 21.1. The number of aromatic amines is 1. The summed E-state index contributed by atoms with van der Waals surface area (Å²) in [5.41, 5.74) is 5.43. The molecule has 1 fully saturated rings. The average Bonchev–Trinajstić information content (AvgIpc) is 3.55. The minimum Gasteiger partial charge on any atom is -0.383 e. The van der Waals surface area contributed by atoms with Crippen LogP contribution in [0.1, 0.15) is 35.8 Å². The van der Waals surface area contributed by atoms with E-state index in [4.69, 9.17) is 9.72 Å². The number of ether oxygens (including phenoxy) is 1. The van der Waals surface area contributed by atoms with Gasteiger partial charge in [-0.25, -0.2) is 23.6 Å². The van der Waals surface area contributed by atoms with E-state index in [2.05, 4.69) is 25.6 Å². The van der Waals surface area contributed by atoms with E-state index in [1.807, 2.05) is 25.1 Å². The summed E-state index contributed by atoms with van der Waals surface area (Å²) in [6.07, 6.45) is 5.21. The van der Waals surface area contributed by atoms with Gasteiger partial charge in [0, 0.05) is 49.1 Å². The first-order valence-electron chi connectivity index (χ1n) is 12.5. The molecule has 0 bridgehead atoms. The summed E-state index contributed by atoms with van der Waals surface area (Å²) in [7, 11) is 1.65. The van der Waals surface area contributed by atoms with Crippen molar-refractivity contribution < 1.29 is 9.13 Å². The van der Waals surface area contributed by atoms with Crippen LogP contribution in [-0.2, 0) is 11.3 Å². The zero-order chi connectivity index (χ0) is 26.2. The maximum Gasteiger partial charge on any atom is 0.283 e. The Bertz CT molecular complexity index is 1680. The topological polar surface area (TPSA) is 116 Å². The normalized spacial score (nSPS) is 13.4. The third kappa shape index (κ3) is 4.61. The van der Waals surface area contributed by atoms with Gasteiger partial charge in [0.05, 0.1) is 29.7 Å². The fraction of sp³-hybridized carbons (Fsp3) is 0.296. The van der Waals surface area contributed by atoms with E-state index in [0.717, 1.165) is 41.1 Å². The van der Waals surface area contributed by atoms with Crippen molar-refractivity contribution in [2.75, 3.05) is 20.3 Å². The van der Waals surface area contributed by atoms with E-state index in [1.54, 1.807) is 24.1 Å². The molecule has 0 spiro atoms. The van der Waals surface area contributed by atoms with Crippen LogP contribution in [0.3, 0.4) is 0 Å². The minimum atomic E-state index is -0.375. The quantitative estimate of drug-likeness (QED) is 0.290. The van der Waals surface area contributed by atoms with Crippen molar-refractivity contribution in [3.8, 4) is 22.6 Å². The second kappa shape index (κ2) is 9.92. The van der Waals surface area contributed by atoms with Crippen LogP contribution in [0, 0.1) is 12.7 Å². The molecule has 0 radical (unpaired) electrons. The molecule has 1 aliphatic rings. The summed E-state index contributed by atoms with van der Waals surface area (Å²) in [6, 6.07) is 10.3. The predicted octanol–water partition coefficient (Wildman–Crippen LogP) is 3.42. The standard InChI is InChI=1S/C27H27FN8O2/c1-16-13-31-34-36(16)24-11-19(28)5-6-21(24)18-9-22(17-3-4-17)33-25(10-18)35-15-30-23-12-20(14-29-7-8-38-2)32-26(23)27(35)37/h5-6,9-13,15,17,29,32H,3-4,7-8,14H2,1-2H3. The summed E-state index contributed by atoms with van der Waals surface area (Å²) < 4.78 is 22.5. The molecule has 0 atom stereocenters. The van der Waals surface area contributed by atoms with Gasteiger partial charge in [-0.2, -0.15) is 0 Å². The third-order valence-corrected chi connectivity index (χ3v) is 6.69. The van der Waals surface area contributed by atoms with Crippen molar-refractivity contribution in [2.24, 2.45) is 0 Å². The SMILES string of the molecule is COCCNCc1cc2ncn(-c3cc(-c4ccc(F)cc4-n4nncc4C)cc(C4CC4)n3)c(=O)c2[nH]1. The van der Waals surface area contributed by atoms with Crippen LogP contribution in [0.4, 0.5) is 4.39 Å². The van der Waals surface area contributed by atoms with Crippen LogP contribution in [-0.4, -0.2) is 54.8 Å². The Morgan fingerprint density at radius 2 is 2.08 bits per heavy atom. The highest BCUT2D eigenvalue weighted by atomic mass is 19.1. The van der Waals surface area contributed by atoms with Gasteiger partial charge in [0.1, 0.15) is 23.5 Å². The van der Waals surface area contributed by atoms with Crippen LogP contribution >= 0.6 is 0 Å². The van der Waals surface area contributed by atoms with Gasteiger partial charge in [-0.1, -0.05) is 5.21 Å². The number of nitrogens with one attached hydrogen (secondary N) is 2. The maximum absolute atomic E-state index is 14.3. The Hall–Kier alpha value is -4.22. The summed E-state index contributed by atoms with van der Waals surface area (Å²) >= 11 is 0. The monoisotopic (exact) mass is 514 g/mol. The largest absolute Gasteiger partial charge is 0.383 e. The second-order valence-electron chi connectivity index (χ2n) is 9.51. The summed E-state index contributed by atoms with van der Waals surface area (Å²) in [5.74, 6) is 0.414. The van der Waals surface area contributed by atoms with Gasteiger partial charge in [0.25, 0.3) is 5.56 Å². The molecule has 4 heterocycles. The molecule has 5 aromatic rings. The molecule has 1 saturated carbocycles. The molecule has 0 aliphatic heterocycles. The summed E-state index contributed by atoms with van der Waals surface area (Å²) in [4.78, 5) is 26.1. The van der Waals surface area contributed by atoms with Crippen molar-refractivity contribution in [2.45, 2.75) is 32.2 Å². The molecule has 1 aromatic carbocycles. The highest BCUT2D eigenvalue weighted by molar-refractivity contribution is 5.76. The molecular formula is C27H27FN8O2. The number of hydrogen-bond donors (Lipinski definition) is 2. The van der Waals surface area contributed by atoms with Gasteiger partial charge in [-0.3, -0.25) is 4.79 Å². The second-order valence-corrected chi connectivity index (χ2v) is 9.51. The number of methoxy groups -OCH3 is 1. The highest BCUT2D eigenvalue weighted by Gasteiger charge is 2.27. The lowest BCUT2D eigenvalue weighted by atomic mass is 10.0. The van der Waals surface area contributed by atoms with Gasteiger partial charge >= 0.3 is 0 Å². The smallest absolute Gasteiger partial charge is 0.283 e. The van der Waals surface area contributed by atoms with E-state index in [0.29, 0.717) is 48.2 Å². The molecule has 4 aromatic heterocycles. The van der Waals surface area contributed by atoms with Crippen molar-refractivity contribution in [1.82, 2.24) is 39.8 Å². The lowest BCUT2D eigenvalue weighted by molar-refractivity contribution is 0.199. The lowest BCUT2D eigenvalue weighted by Gasteiger charge is -2.14. The van der Waals surface area contributed by atoms with Crippen molar-refractivity contribution >= 4 is 11.0 Å². The molecule has 11 heteroatoms. The molecular weight excluding hydrogens is 487 g/mol. The summed E-state index contributed by atoms with van der Waals surface area (Å²) in [5, 5.41) is 11.4. The van der Waals surface area contributed by atoms with Gasteiger partial charge in [0.15, 0.2) is 0 Å². The number of aryl methyl sites for hydroxylation is 1. The first-order valence-corrected chi connectivity index (χ1v) is 12.5. The molecule has 6 rings (SSSR count). The number of rotatable bonds is 9. The molecule has 38 heavy (non-hydrogen) atoms. The number of hydrogen-bond acceptors (Lipinski definition) is 7. The van der Waals surface area contributed by atoms with E-state index in [-0.39, 0.29) is 11.4 Å². The third-order valence-electron chi connectivity index (χ3n) is 6.69. The van der Waals surface area contributed by atoms with Crippen LogP contribution in [0.5, 0.6) is 0 Å². The fourth-order valence-corrected chi connectivity index (χ4v) is 4.56. The minimum absolute atomic E-state index is 0.240. The van der Waals surface area contributed by atoms with Crippen LogP contribution in [0.15, 0.2) is 53.7 Å². The van der Waals surface area contributed by atoms with Crippen molar-refractivity contribution in [3.63, 3.8) is 0 Å². The Kier molecular flexibility index (Phi) is 6.30. The molecule has 0 saturated heterocycles. The highest BCUT2D eigenvalue weighted by Crippen LogP contribution is 2.41. The van der Waals surface area contributed by atoms with Gasteiger partial charge in [-0.05, 0) is 55.7 Å². The number of benzene rings is 1. The number of halogens is 1. The van der Waals surface area contributed by atoms with Crippen molar-refractivity contribution in [3.05, 3.63) is 82.2 Å². The van der Waals surface area contributed by atoms with E-state index in [9.17, 15) is 9.18 Å². The van der Waals surface area contributed by atoms with E-state index in [1.165, 1.54) is 23.0 Å². The molecule has 10 nitrogen and oxygen atoms in total. The van der Waals surface area contributed by atoms with E-state index < -0.39 is 0 Å². The molecule has 0 unspecified atom stereocenters. The Balaban J connectivity index is 1.44. The Morgan fingerprint density at radius 3 is 2.84 bits per heavy atom. The molecule has 0 amide bonds. The maximum atomic E-state index is 14.3. The molecule has 2 N–H and O–H groups in total. The average molecular weight is 515 g/mol. The van der Waals surface area contributed by atoms with Gasteiger partial charge in [-0.15, -0.1) is 5.10 Å². The van der Waals surface area contributed by atoms with Crippen LogP contribution in [0.25, 0.3) is 33.7 Å². The number of nitrogens with zero attached hydrogens (tertiary/aromatic N) is 6. The van der Waals surface area contributed by atoms with Crippen LogP contribution < -0.4 is 10.9 Å². The predicted molar refractivity (Wildman–Crippen MR) is 140 cm³/mol. The number of aromatic nitrogens is 7. The zero-order valence-corrected chi connectivity index (χ0v) is 21.1.